The Morgan fingerprint density at radius 2 is 2.27 bits per heavy atom. The summed E-state index contributed by atoms with van der Waals surface area (Å²) in [5.41, 5.74) is 1.98. The van der Waals surface area contributed by atoms with Crippen molar-refractivity contribution in [1.29, 1.82) is 5.26 Å². The number of anilines is 1. The van der Waals surface area contributed by atoms with E-state index in [1.807, 2.05) is 36.2 Å². The number of nitriles is 1. The standard InChI is InChI=1S/C11H12N4/c1-15(8-4-7-12)11-13-9-5-2-3-6-10(9)14-11/h2-3,5-6H,4,8H2,1H3,(H,13,14). The Kier molecular flexibility index (Phi) is 2.55. The average molecular weight is 200 g/mol. The van der Waals surface area contributed by atoms with Crippen molar-refractivity contribution in [2.75, 3.05) is 18.5 Å². The molecule has 1 aromatic carbocycles. The maximum atomic E-state index is 8.49. The predicted octanol–water partition coefficient (Wildman–Crippen LogP) is 1.91. The summed E-state index contributed by atoms with van der Waals surface area (Å²) in [5.74, 6) is 0.812. The molecule has 0 aliphatic heterocycles. The first-order valence-corrected chi connectivity index (χ1v) is 4.84. The molecule has 4 heteroatoms. The highest BCUT2D eigenvalue weighted by Gasteiger charge is 2.05. The first kappa shape index (κ1) is 9.53. The van der Waals surface area contributed by atoms with Crippen LogP contribution >= 0.6 is 0 Å². The predicted molar refractivity (Wildman–Crippen MR) is 59.6 cm³/mol. The van der Waals surface area contributed by atoms with E-state index in [-0.39, 0.29) is 0 Å². The van der Waals surface area contributed by atoms with Gasteiger partial charge >= 0.3 is 0 Å². The average Bonchev–Trinajstić information content (AvgIpc) is 2.69. The third-order valence-electron chi connectivity index (χ3n) is 2.30. The van der Waals surface area contributed by atoms with Gasteiger partial charge in [-0.25, -0.2) is 4.98 Å². The summed E-state index contributed by atoms with van der Waals surface area (Å²) in [6.45, 7) is 0.691. The topological polar surface area (TPSA) is 55.7 Å². The lowest BCUT2D eigenvalue weighted by Crippen LogP contribution is -2.19. The van der Waals surface area contributed by atoms with Crippen molar-refractivity contribution in [2.45, 2.75) is 6.42 Å². The fraction of sp³-hybridized carbons (Fsp3) is 0.273. The minimum absolute atomic E-state index is 0.507. The van der Waals surface area contributed by atoms with Crippen LogP contribution in [0.2, 0.25) is 0 Å². The largest absolute Gasteiger partial charge is 0.344 e. The summed E-state index contributed by atoms with van der Waals surface area (Å²) in [4.78, 5) is 9.58. The Bertz CT molecular complexity index is 462. The van der Waals surface area contributed by atoms with Gasteiger partial charge in [-0.1, -0.05) is 12.1 Å². The molecule has 1 aromatic heterocycles. The number of hydrogen-bond donors (Lipinski definition) is 1. The molecule has 1 N–H and O–H groups in total. The van der Waals surface area contributed by atoms with Gasteiger partial charge < -0.3 is 9.88 Å². The van der Waals surface area contributed by atoms with Crippen LogP contribution < -0.4 is 4.90 Å². The van der Waals surface area contributed by atoms with Gasteiger partial charge in [0.1, 0.15) is 0 Å². The fourth-order valence-corrected chi connectivity index (χ4v) is 1.44. The molecular formula is C11H12N4. The number of aromatic amines is 1. The smallest absolute Gasteiger partial charge is 0.203 e. The monoisotopic (exact) mass is 200 g/mol. The molecule has 0 radical (unpaired) electrons. The van der Waals surface area contributed by atoms with Crippen LogP contribution in [0.5, 0.6) is 0 Å². The zero-order chi connectivity index (χ0) is 10.7. The first-order valence-electron chi connectivity index (χ1n) is 4.84. The van der Waals surface area contributed by atoms with Crippen LogP contribution in [-0.4, -0.2) is 23.6 Å². The third-order valence-corrected chi connectivity index (χ3v) is 2.30. The number of nitrogens with zero attached hydrogens (tertiary/aromatic N) is 3. The van der Waals surface area contributed by atoms with Crippen LogP contribution in [-0.2, 0) is 0 Å². The van der Waals surface area contributed by atoms with Crippen LogP contribution in [0.4, 0.5) is 5.95 Å². The number of H-pyrrole nitrogens is 1. The SMILES string of the molecule is CN(CCC#N)c1nc2ccccc2[nH]1. The van der Waals surface area contributed by atoms with Crippen LogP contribution in [0.25, 0.3) is 11.0 Å². The van der Waals surface area contributed by atoms with Gasteiger partial charge in [0.15, 0.2) is 0 Å². The van der Waals surface area contributed by atoms with E-state index in [4.69, 9.17) is 5.26 Å². The van der Waals surface area contributed by atoms with Gasteiger partial charge in [-0.3, -0.25) is 0 Å². The summed E-state index contributed by atoms with van der Waals surface area (Å²) in [5, 5.41) is 8.49. The summed E-state index contributed by atoms with van der Waals surface area (Å²) in [6.07, 6.45) is 0.507. The van der Waals surface area contributed by atoms with E-state index in [0.717, 1.165) is 17.0 Å². The number of aromatic nitrogens is 2. The first-order chi connectivity index (χ1) is 7.31. The van der Waals surface area contributed by atoms with Gasteiger partial charge in [-0.15, -0.1) is 0 Å². The normalized spacial score (nSPS) is 10.1. The van der Waals surface area contributed by atoms with E-state index in [9.17, 15) is 0 Å². The van der Waals surface area contributed by atoms with Crippen LogP contribution in [0.3, 0.4) is 0 Å². The zero-order valence-corrected chi connectivity index (χ0v) is 8.57. The van der Waals surface area contributed by atoms with E-state index >= 15 is 0 Å². The molecule has 0 spiro atoms. The number of nitrogens with one attached hydrogen (secondary N) is 1. The number of para-hydroxylation sites is 2. The molecule has 0 aliphatic carbocycles. The second-order valence-electron chi connectivity index (χ2n) is 3.41. The van der Waals surface area contributed by atoms with Gasteiger partial charge in [0.2, 0.25) is 5.95 Å². The summed E-state index contributed by atoms with van der Waals surface area (Å²) >= 11 is 0. The molecule has 2 rings (SSSR count). The van der Waals surface area contributed by atoms with Crippen molar-refractivity contribution >= 4 is 17.0 Å². The highest BCUT2D eigenvalue weighted by molar-refractivity contribution is 5.77. The molecule has 0 amide bonds. The second kappa shape index (κ2) is 4.01. The van der Waals surface area contributed by atoms with Crippen molar-refractivity contribution in [3.8, 4) is 6.07 Å². The van der Waals surface area contributed by atoms with E-state index in [0.29, 0.717) is 13.0 Å². The number of hydrogen-bond acceptors (Lipinski definition) is 3. The molecule has 0 unspecified atom stereocenters. The Morgan fingerprint density at radius 3 is 3.00 bits per heavy atom. The van der Waals surface area contributed by atoms with Crippen molar-refractivity contribution in [3.63, 3.8) is 0 Å². The molecule has 1 heterocycles. The third kappa shape index (κ3) is 1.91. The number of rotatable bonds is 3. The van der Waals surface area contributed by atoms with Gasteiger partial charge in [0, 0.05) is 13.6 Å². The van der Waals surface area contributed by atoms with Crippen molar-refractivity contribution < 1.29 is 0 Å². The van der Waals surface area contributed by atoms with Crippen LogP contribution in [0, 0.1) is 11.3 Å². The highest BCUT2D eigenvalue weighted by atomic mass is 15.2. The molecule has 0 saturated carbocycles. The molecule has 15 heavy (non-hydrogen) atoms. The van der Waals surface area contributed by atoms with Crippen LogP contribution in [0.15, 0.2) is 24.3 Å². The highest BCUT2D eigenvalue weighted by Crippen LogP contribution is 2.15. The Hall–Kier alpha value is -2.02. The van der Waals surface area contributed by atoms with Crippen molar-refractivity contribution in [3.05, 3.63) is 24.3 Å². The molecule has 2 aromatic rings. The maximum absolute atomic E-state index is 8.49. The molecule has 0 saturated heterocycles. The number of imidazole rings is 1. The quantitative estimate of drug-likeness (QED) is 0.823. The Labute approximate surface area is 88.2 Å². The Balaban J connectivity index is 2.25. The molecule has 0 bridgehead atoms. The van der Waals surface area contributed by atoms with E-state index in [1.54, 1.807) is 0 Å². The van der Waals surface area contributed by atoms with Gasteiger partial charge in [-0.05, 0) is 12.1 Å². The summed E-state index contributed by atoms with van der Waals surface area (Å²) in [6, 6.07) is 10.0. The molecule has 0 fully saturated rings. The summed E-state index contributed by atoms with van der Waals surface area (Å²) in [7, 11) is 1.93. The van der Waals surface area contributed by atoms with E-state index in [1.165, 1.54) is 0 Å². The van der Waals surface area contributed by atoms with Crippen molar-refractivity contribution in [2.24, 2.45) is 0 Å². The molecular weight excluding hydrogens is 188 g/mol. The lowest BCUT2D eigenvalue weighted by molar-refractivity contribution is 0.874. The maximum Gasteiger partial charge on any atom is 0.203 e. The van der Waals surface area contributed by atoms with Gasteiger partial charge in [0.25, 0.3) is 0 Å². The molecule has 0 aliphatic rings. The van der Waals surface area contributed by atoms with Gasteiger partial charge in [-0.2, -0.15) is 5.26 Å². The van der Waals surface area contributed by atoms with E-state index < -0.39 is 0 Å². The second-order valence-corrected chi connectivity index (χ2v) is 3.41. The minimum atomic E-state index is 0.507. The fourth-order valence-electron chi connectivity index (χ4n) is 1.44. The molecule has 4 nitrogen and oxygen atoms in total. The number of benzene rings is 1. The van der Waals surface area contributed by atoms with Crippen molar-refractivity contribution in [1.82, 2.24) is 9.97 Å². The van der Waals surface area contributed by atoms with Crippen LogP contribution in [0.1, 0.15) is 6.42 Å². The molecule has 76 valence electrons. The summed E-state index contributed by atoms with van der Waals surface area (Å²) < 4.78 is 0. The Morgan fingerprint density at radius 1 is 1.47 bits per heavy atom. The number of fused-ring (bicyclic) bond motifs is 1. The van der Waals surface area contributed by atoms with E-state index in [2.05, 4.69) is 16.0 Å². The zero-order valence-electron chi connectivity index (χ0n) is 8.57. The lowest BCUT2D eigenvalue weighted by atomic mass is 10.3. The minimum Gasteiger partial charge on any atom is -0.344 e. The molecule has 0 atom stereocenters. The van der Waals surface area contributed by atoms with Gasteiger partial charge in [0.05, 0.1) is 23.5 Å². The lowest BCUT2D eigenvalue weighted by Gasteiger charge is -2.12.